The molecule has 0 spiro atoms. The van der Waals surface area contributed by atoms with Gasteiger partial charge in [-0.25, -0.2) is 13.1 Å². The highest BCUT2D eigenvalue weighted by molar-refractivity contribution is 7.90. The third-order valence-electron chi connectivity index (χ3n) is 3.89. The van der Waals surface area contributed by atoms with E-state index >= 15 is 0 Å². The smallest absolute Gasteiger partial charge is 0.215 e. The van der Waals surface area contributed by atoms with E-state index in [4.69, 9.17) is 0 Å². The Balaban J connectivity index is 2.57. The van der Waals surface area contributed by atoms with Crippen molar-refractivity contribution < 1.29 is 8.42 Å². The number of sulfonamides is 1. The van der Waals surface area contributed by atoms with Crippen LogP contribution in [0.2, 0.25) is 0 Å². The van der Waals surface area contributed by atoms with E-state index in [-0.39, 0.29) is 11.3 Å². The number of hydrogen-bond acceptors (Lipinski definition) is 3. The summed E-state index contributed by atoms with van der Waals surface area (Å²) in [7, 11) is -3.19. The fourth-order valence-electron chi connectivity index (χ4n) is 2.45. The van der Waals surface area contributed by atoms with E-state index in [0.29, 0.717) is 12.5 Å². The molecule has 0 aliphatic heterocycles. The Bertz CT molecular complexity index is 330. The van der Waals surface area contributed by atoms with E-state index in [0.717, 1.165) is 25.8 Å². The van der Waals surface area contributed by atoms with Crippen molar-refractivity contribution in [1.82, 2.24) is 10.0 Å². The third kappa shape index (κ3) is 4.86. The molecule has 1 rings (SSSR count). The standard InChI is InChI=1S/C13H28N2O2S/c1-4-14-10-12(3)18(16,17)15-13-9-7-5-6-8-11(13)2/h11-15H,4-10H2,1-3H3. The summed E-state index contributed by atoms with van der Waals surface area (Å²) in [6.45, 7) is 7.24. The second-order valence-corrected chi connectivity index (χ2v) is 7.63. The van der Waals surface area contributed by atoms with Crippen LogP contribution in [0.4, 0.5) is 0 Å². The number of hydrogen-bond donors (Lipinski definition) is 2. The summed E-state index contributed by atoms with van der Waals surface area (Å²) >= 11 is 0. The maximum Gasteiger partial charge on any atom is 0.215 e. The van der Waals surface area contributed by atoms with Crippen molar-refractivity contribution >= 4 is 10.0 Å². The molecule has 3 atom stereocenters. The minimum Gasteiger partial charge on any atom is -0.316 e. The van der Waals surface area contributed by atoms with Gasteiger partial charge in [0.2, 0.25) is 10.0 Å². The van der Waals surface area contributed by atoms with Gasteiger partial charge in [-0.3, -0.25) is 0 Å². The van der Waals surface area contributed by atoms with E-state index in [2.05, 4.69) is 17.0 Å². The summed E-state index contributed by atoms with van der Waals surface area (Å²) in [5, 5.41) is 2.73. The second kappa shape index (κ2) is 7.46. The van der Waals surface area contributed by atoms with Crippen molar-refractivity contribution in [3.8, 4) is 0 Å². The van der Waals surface area contributed by atoms with Crippen molar-refractivity contribution in [2.45, 2.75) is 64.2 Å². The second-order valence-electron chi connectivity index (χ2n) is 5.50. The molecule has 3 unspecified atom stereocenters. The summed E-state index contributed by atoms with van der Waals surface area (Å²) in [6, 6.07) is 0.126. The Morgan fingerprint density at radius 2 is 1.89 bits per heavy atom. The van der Waals surface area contributed by atoms with Crippen LogP contribution in [-0.2, 0) is 10.0 Å². The van der Waals surface area contributed by atoms with Gasteiger partial charge in [0.05, 0.1) is 5.25 Å². The van der Waals surface area contributed by atoms with Gasteiger partial charge in [-0.15, -0.1) is 0 Å². The van der Waals surface area contributed by atoms with Crippen LogP contribution in [0.1, 0.15) is 52.9 Å². The molecule has 2 N–H and O–H groups in total. The highest BCUT2D eigenvalue weighted by Gasteiger charge is 2.27. The van der Waals surface area contributed by atoms with E-state index in [1.54, 1.807) is 6.92 Å². The van der Waals surface area contributed by atoms with Gasteiger partial charge in [-0.05, 0) is 32.2 Å². The van der Waals surface area contributed by atoms with Crippen LogP contribution >= 0.6 is 0 Å². The van der Waals surface area contributed by atoms with Crippen molar-refractivity contribution in [3.05, 3.63) is 0 Å². The number of nitrogens with one attached hydrogen (secondary N) is 2. The topological polar surface area (TPSA) is 58.2 Å². The number of rotatable bonds is 6. The summed E-state index contributed by atoms with van der Waals surface area (Å²) in [5.41, 5.74) is 0. The van der Waals surface area contributed by atoms with Gasteiger partial charge in [-0.2, -0.15) is 0 Å². The van der Waals surface area contributed by atoms with Crippen LogP contribution in [0.15, 0.2) is 0 Å². The summed E-state index contributed by atoms with van der Waals surface area (Å²) in [6.07, 6.45) is 5.71. The molecule has 0 aromatic carbocycles. The SMILES string of the molecule is CCNCC(C)S(=O)(=O)NC1CCCCCC1C. The van der Waals surface area contributed by atoms with Crippen molar-refractivity contribution in [2.75, 3.05) is 13.1 Å². The molecule has 0 saturated heterocycles. The highest BCUT2D eigenvalue weighted by Crippen LogP contribution is 2.23. The molecule has 5 heteroatoms. The average Bonchev–Trinajstić information content (AvgIpc) is 2.51. The molecule has 108 valence electrons. The first-order valence-electron chi connectivity index (χ1n) is 7.19. The lowest BCUT2D eigenvalue weighted by molar-refractivity contribution is 0.397. The van der Waals surface area contributed by atoms with Gasteiger partial charge >= 0.3 is 0 Å². The van der Waals surface area contributed by atoms with Crippen molar-refractivity contribution in [1.29, 1.82) is 0 Å². The monoisotopic (exact) mass is 276 g/mol. The van der Waals surface area contributed by atoms with Crippen LogP contribution < -0.4 is 10.0 Å². The molecule has 0 amide bonds. The van der Waals surface area contributed by atoms with Crippen LogP contribution in [-0.4, -0.2) is 32.8 Å². The largest absolute Gasteiger partial charge is 0.316 e. The minimum atomic E-state index is -3.19. The Morgan fingerprint density at radius 3 is 2.56 bits per heavy atom. The van der Waals surface area contributed by atoms with E-state index in [9.17, 15) is 8.42 Å². The Morgan fingerprint density at radius 1 is 1.22 bits per heavy atom. The van der Waals surface area contributed by atoms with Crippen LogP contribution in [0, 0.1) is 5.92 Å². The normalized spacial score (nSPS) is 27.7. The van der Waals surface area contributed by atoms with E-state index in [1.165, 1.54) is 12.8 Å². The van der Waals surface area contributed by atoms with Crippen molar-refractivity contribution in [3.63, 3.8) is 0 Å². The average molecular weight is 276 g/mol. The van der Waals surface area contributed by atoms with Gasteiger partial charge < -0.3 is 5.32 Å². The predicted octanol–water partition coefficient (Wildman–Crippen LogP) is 1.87. The molecule has 0 bridgehead atoms. The molecule has 1 fully saturated rings. The Hall–Kier alpha value is -0.130. The Kier molecular flexibility index (Phi) is 6.60. The quantitative estimate of drug-likeness (QED) is 0.728. The van der Waals surface area contributed by atoms with Crippen molar-refractivity contribution in [2.24, 2.45) is 5.92 Å². The maximum absolute atomic E-state index is 12.2. The molecule has 1 aliphatic carbocycles. The molecule has 4 nitrogen and oxygen atoms in total. The van der Waals surface area contributed by atoms with Gasteiger partial charge in [0.15, 0.2) is 0 Å². The van der Waals surface area contributed by atoms with E-state index in [1.807, 2.05) is 6.92 Å². The molecule has 0 aromatic heterocycles. The van der Waals surface area contributed by atoms with Gasteiger partial charge in [0, 0.05) is 12.6 Å². The zero-order valence-corrected chi connectivity index (χ0v) is 12.7. The zero-order valence-electron chi connectivity index (χ0n) is 11.9. The Labute approximate surface area is 112 Å². The summed E-state index contributed by atoms with van der Waals surface area (Å²) in [5.74, 6) is 0.452. The van der Waals surface area contributed by atoms with Crippen LogP contribution in [0.5, 0.6) is 0 Å². The highest BCUT2D eigenvalue weighted by atomic mass is 32.2. The first-order chi connectivity index (χ1) is 8.47. The zero-order chi connectivity index (χ0) is 13.6. The van der Waals surface area contributed by atoms with Crippen LogP contribution in [0.3, 0.4) is 0 Å². The molecule has 18 heavy (non-hydrogen) atoms. The van der Waals surface area contributed by atoms with Gasteiger partial charge in [-0.1, -0.05) is 33.1 Å². The fraction of sp³-hybridized carbons (Fsp3) is 1.00. The minimum absolute atomic E-state index is 0.126. The molecule has 1 saturated carbocycles. The first-order valence-corrected chi connectivity index (χ1v) is 8.74. The summed E-state index contributed by atoms with van der Waals surface area (Å²) in [4.78, 5) is 0. The van der Waals surface area contributed by atoms with E-state index < -0.39 is 10.0 Å². The third-order valence-corrected chi connectivity index (χ3v) is 5.75. The lowest BCUT2D eigenvalue weighted by atomic mass is 9.98. The molecule has 0 heterocycles. The molecule has 1 aliphatic rings. The lowest BCUT2D eigenvalue weighted by Crippen LogP contribution is -2.45. The maximum atomic E-state index is 12.2. The first kappa shape index (κ1) is 15.9. The molecule has 0 radical (unpaired) electrons. The van der Waals surface area contributed by atoms with Crippen LogP contribution in [0.25, 0.3) is 0 Å². The molecular formula is C13H28N2O2S. The lowest BCUT2D eigenvalue weighted by Gasteiger charge is -2.25. The molecule has 0 aromatic rings. The van der Waals surface area contributed by atoms with Gasteiger partial charge in [0.25, 0.3) is 0 Å². The summed E-state index contributed by atoms with van der Waals surface area (Å²) < 4.78 is 27.3. The van der Waals surface area contributed by atoms with Gasteiger partial charge in [0.1, 0.15) is 0 Å². The predicted molar refractivity (Wildman–Crippen MR) is 76.1 cm³/mol. The fourth-order valence-corrected chi connectivity index (χ4v) is 3.79. The molecular weight excluding hydrogens is 248 g/mol.